The Hall–Kier alpha value is -1.17. The van der Waals surface area contributed by atoms with Crippen LogP contribution in [0.3, 0.4) is 0 Å². The molecular formula is C14H21NO3S. The molecule has 0 radical (unpaired) electrons. The Bertz CT molecular complexity index is 520. The average Bonchev–Trinajstić information content (AvgIpc) is 2.36. The summed E-state index contributed by atoms with van der Waals surface area (Å²) in [6, 6.07) is 6.39. The maximum atomic E-state index is 12.1. The minimum Gasteiger partial charge on any atom is -0.396 e. The summed E-state index contributed by atoms with van der Waals surface area (Å²) in [6.45, 7) is 5.57. The van der Waals surface area contributed by atoms with Crippen LogP contribution in [0.4, 0.5) is 0 Å². The van der Waals surface area contributed by atoms with Gasteiger partial charge in [0.15, 0.2) is 0 Å². The first-order chi connectivity index (χ1) is 8.85. The molecular weight excluding hydrogens is 262 g/mol. The van der Waals surface area contributed by atoms with Crippen LogP contribution in [0.15, 0.2) is 41.3 Å². The molecule has 106 valence electrons. The number of nitrogens with one attached hydrogen (secondary N) is 1. The van der Waals surface area contributed by atoms with Gasteiger partial charge in [-0.2, -0.15) is 0 Å². The Morgan fingerprint density at radius 2 is 1.79 bits per heavy atom. The number of aliphatic hydroxyl groups is 1. The smallest absolute Gasteiger partial charge is 0.241 e. The van der Waals surface area contributed by atoms with E-state index in [9.17, 15) is 8.42 Å². The predicted molar refractivity (Wildman–Crippen MR) is 76.4 cm³/mol. The lowest BCUT2D eigenvalue weighted by atomic mass is 10.1. The zero-order valence-electron chi connectivity index (χ0n) is 11.5. The first-order valence-corrected chi connectivity index (χ1v) is 7.71. The fourth-order valence-corrected chi connectivity index (χ4v) is 2.69. The van der Waals surface area contributed by atoms with E-state index in [2.05, 4.69) is 4.72 Å². The molecule has 0 bridgehead atoms. The summed E-state index contributed by atoms with van der Waals surface area (Å²) in [6.07, 6.45) is 3.54. The van der Waals surface area contributed by atoms with Crippen molar-refractivity contribution in [1.29, 1.82) is 0 Å². The van der Waals surface area contributed by atoms with E-state index in [1.807, 2.05) is 13.8 Å². The van der Waals surface area contributed by atoms with Crippen molar-refractivity contribution < 1.29 is 13.5 Å². The van der Waals surface area contributed by atoms with Crippen LogP contribution in [0, 0.1) is 12.8 Å². The van der Waals surface area contributed by atoms with Crippen molar-refractivity contribution in [3.63, 3.8) is 0 Å². The second kappa shape index (κ2) is 6.84. The van der Waals surface area contributed by atoms with E-state index in [1.54, 1.807) is 43.3 Å². The third-order valence-corrected chi connectivity index (χ3v) is 4.26. The zero-order chi connectivity index (χ0) is 14.5. The predicted octanol–water partition coefficient (Wildman–Crippen LogP) is 1.85. The van der Waals surface area contributed by atoms with Crippen LogP contribution in [-0.2, 0) is 10.0 Å². The zero-order valence-corrected chi connectivity index (χ0v) is 12.3. The van der Waals surface area contributed by atoms with E-state index in [1.165, 1.54) is 0 Å². The lowest BCUT2D eigenvalue weighted by molar-refractivity contribution is 0.261. The fourth-order valence-electron chi connectivity index (χ4n) is 1.49. The van der Waals surface area contributed by atoms with Gasteiger partial charge in [-0.25, -0.2) is 13.1 Å². The van der Waals surface area contributed by atoms with Gasteiger partial charge >= 0.3 is 0 Å². The summed E-state index contributed by atoms with van der Waals surface area (Å²) in [5.74, 6) is 0.0197. The van der Waals surface area contributed by atoms with Crippen molar-refractivity contribution in [2.24, 2.45) is 5.92 Å². The van der Waals surface area contributed by atoms with Gasteiger partial charge in [0, 0.05) is 12.6 Å². The van der Waals surface area contributed by atoms with Crippen LogP contribution in [0.2, 0.25) is 0 Å². The van der Waals surface area contributed by atoms with Gasteiger partial charge in [-0.05, 0) is 31.9 Å². The molecule has 0 aliphatic heterocycles. The molecule has 0 amide bonds. The monoisotopic (exact) mass is 283 g/mol. The minimum atomic E-state index is -3.49. The summed E-state index contributed by atoms with van der Waals surface area (Å²) in [4.78, 5) is 0.258. The van der Waals surface area contributed by atoms with Crippen LogP contribution >= 0.6 is 0 Å². The van der Waals surface area contributed by atoms with Crippen LogP contribution in [0.5, 0.6) is 0 Å². The molecule has 1 aromatic carbocycles. The van der Waals surface area contributed by atoms with Gasteiger partial charge in [0.2, 0.25) is 10.0 Å². The Morgan fingerprint density at radius 3 is 2.32 bits per heavy atom. The summed E-state index contributed by atoms with van der Waals surface area (Å²) in [7, 11) is -3.49. The van der Waals surface area contributed by atoms with E-state index in [4.69, 9.17) is 5.11 Å². The largest absolute Gasteiger partial charge is 0.396 e. The van der Waals surface area contributed by atoms with Crippen LogP contribution in [0.1, 0.15) is 19.4 Å². The Labute approximate surface area is 115 Å². The number of hydrogen-bond donors (Lipinski definition) is 2. The van der Waals surface area contributed by atoms with Crippen molar-refractivity contribution in [1.82, 2.24) is 4.72 Å². The maximum absolute atomic E-state index is 12.1. The van der Waals surface area contributed by atoms with Gasteiger partial charge in [-0.15, -0.1) is 0 Å². The van der Waals surface area contributed by atoms with Crippen molar-refractivity contribution >= 4 is 10.0 Å². The van der Waals surface area contributed by atoms with E-state index in [-0.39, 0.29) is 23.5 Å². The Kier molecular flexibility index (Phi) is 5.72. The highest BCUT2D eigenvalue weighted by molar-refractivity contribution is 7.89. The highest BCUT2D eigenvalue weighted by atomic mass is 32.2. The highest BCUT2D eigenvalue weighted by Gasteiger charge is 2.15. The lowest BCUT2D eigenvalue weighted by Gasteiger charge is -2.11. The number of hydrogen-bond acceptors (Lipinski definition) is 3. The average molecular weight is 283 g/mol. The molecule has 2 atom stereocenters. The molecule has 0 saturated heterocycles. The van der Waals surface area contributed by atoms with E-state index in [0.29, 0.717) is 0 Å². The van der Waals surface area contributed by atoms with Gasteiger partial charge in [-0.1, -0.05) is 36.8 Å². The first kappa shape index (κ1) is 15.9. The molecule has 19 heavy (non-hydrogen) atoms. The summed E-state index contributed by atoms with van der Waals surface area (Å²) < 4.78 is 26.7. The Balaban J connectivity index is 2.74. The lowest BCUT2D eigenvalue weighted by Crippen LogP contribution is -2.31. The molecule has 0 aliphatic rings. The number of aryl methyl sites for hydroxylation is 1. The number of benzene rings is 1. The minimum absolute atomic E-state index is 0.0197. The van der Waals surface area contributed by atoms with Gasteiger partial charge in [0.05, 0.1) is 4.90 Å². The molecule has 0 fully saturated rings. The Morgan fingerprint density at radius 1 is 1.21 bits per heavy atom. The van der Waals surface area contributed by atoms with Crippen molar-refractivity contribution in [3.05, 3.63) is 42.0 Å². The molecule has 0 aromatic heterocycles. The van der Waals surface area contributed by atoms with E-state index >= 15 is 0 Å². The fraction of sp³-hybridized carbons (Fsp3) is 0.429. The molecule has 2 N–H and O–H groups in total. The maximum Gasteiger partial charge on any atom is 0.241 e. The molecule has 1 aromatic rings. The highest BCUT2D eigenvalue weighted by Crippen LogP contribution is 2.10. The number of sulfonamides is 1. The molecule has 0 unspecified atom stereocenters. The van der Waals surface area contributed by atoms with E-state index < -0.39 is 10.0 Å². The molecule has 1 rings (SSSR count). The van der Waals surface area contributed by atoms with Crippen molar-refractivity contribution in [2.45, 2.75) is 31.7 Å². The van der Waals surface area contributed by atoms with Crippen LogP contribution < -0.4 is 4.72 Å². The SMILES string of the molecule is Cc1ccc(S(=O)(=O)N[C@@H](C)/C=C/[C@@H](C)CO)cc1. The van der Waals surface area contributed by atoms with Crippen molar-refractivity contribution in [3.8, 4) is 0 Å². The quantitative estimate of drug-likeness (QED) is 0.783. The summed E-state index contributed by atoms with van der Waals surface area (Å²) in [5, 5.41) is 8.89. The first-order valence-electron chi connectivity index (χ1n) is 6.23. The molecule has 0 spiro atoms. The standard InChI is InChI=1S/C14H21NO3S/c1-11-5-8-14(9-6-11)19(17,18)15-13(3)7-4-12(2)10-16/h4-9,12-13,15-16H,10H2,1-3H3/b7-4+/t12-,13+/m1/s1. The van der Waals surface area contributed by atoms with Gasteiger partial charge in [-0.3, -0.25) is 0 Å². The summed E-state index contributed by atoms with van der Waals surface area (Å²) in [5.41, 5.74) is 1.02. The molecule has 4 nitrogen and oxygen atoms in total. The number of aliphatic hydroxyl groups excluding tert-OH is 1. The molecule has 0 saturated carbocycles. The third kappa shape index (κ3) is 5.14. The number of rotatable bonds is 6. The molecule has 5 heteroatoms. The van der Waals surface area contributed by atoms with Gasteiger partial charge < -0.3 is 5.11 Å². The summed E-state index contributed by atoms with van der Waals surface area (Å²) >= 11 is 0. The second-order valence-corrected chi connectivity index (χ2v) is 6.48. The normalized spacial score (nSPS) is 15.6. The third-order valence-electron chi connectivity index (χ3n) is 2.69. The molecule has 0 heterocycles. The van der Waals surface area contributed by atoms with Crippen LogP contribution in [0.25, 0.3) is 0 Å². The molecule has 0 aliphatic carbocycles. The topological polar surface area (TPSA) is 66.4 Å². The van der Waals surface area contributed by atoms with Crippen LogP contribution in [-0.4, -0.2) is 26.2 Å². The van der Waals surface area contributed by atoms with Crippen molar-refractivity contribution in [2.75, 3.05) is 6.61 Å². The van der Waals surface area contributed by atoms with Gasteiger partial charge in [0.1, 0.15) is 0 Å². The van der Waals surface area contributed by atoms with E-state index in [0.717, 1.165) is 5.56 Å². The van der Waals surface area contributed by atoms with Gasteiger partial charge in [0.25, 0.3) is 0 Å². The second-order valence-electron chi connectivity index (χ2n) is 4.77.